The number of nitrogens with two attached hydrogens (primary N) is 1. The lowest BCUT2D eigenvalue weighted by Gasteiger charge is -2.40. The van der Waals surface area contributed by atoms with Gasteiger partial charge in [-0.3, -0.25) is 9.59 Å². The third-order valence-electron chi connectivity index (χ3n) is 4.13. The topological polar surface area (TPSA) is 75.4 Å². The Morgan fingerprint density at radius 1 is 1.21 bits per heavy atom. The fraction of sp³-hybridized carbons (Fsp3) is 0.857. The van der Waals surface area contributed by atoms with Crippen LogP contribution < -0.4 is 11.1 Å². The molecule has 2 fully saturated rings. The van der Waals surface area contributed by atoms with Crippen molar-refractivity contribution in [2.24, 2.45) is 5.73 Å². The molecule has 108 valence electrons. The summed E-state index contributed by atoms with van der Waals surface area (Å²) in [5.41, 5.74) is 5.61. The number of hydrogen-bond donors (Lipinski definition) is 2. The van der Waals surface area contributed by atoms with Gasteiger partial charge in [-0.2, -0.15) is 0 Å². The molecule has 0 bridgehead atoms. The van der Waals surface area contributed by atoms with Crippen LogP contribution in [0.15, 0.2) is 0 Å². The van der Waals surface area contributed by atoms with E-state index in [0.29, 0.717) is 6.04 Å². The number of nitrogens with zero attached hydrogens (tertiary/aromatic N) is 1. The number of nitrogens with one attached hydrogen (secondary N) is 1. The molecule has 2 rings (SSSR count). The van der Waals surface area contributed by atoms with E-state index in [-0.39, 0.29) is 23.9 Å². The van der Waals surface area contributed by atoms with Crippen LogP contribution in [0.1, 0.15) is 52.4 Å². The van der Waals surface area contributed by atoms with Crippen molar-refractivity contribution >= 4 is 11.8 Å². The van der Waals surface area contributed by atoms with Crippen molar-refractivity contribution in [3.8, 4) is 0 Å². The number of rotatable bonds is 4. The van der Waals surface area contributed by atoms with Crippen molar-refractivity contribution < 1.29 is 9.59 Å². The minimum absolute atomic E-state index is 0.0664. The van der Waals surface area contributed by atoms with E-state index < -0.39 is 6.04 Å². The predicted molar refractivity (Wildman–Crippen MR) is 73.4 cm³/mol. The summed E-state index contributed by atoms with van der Waals surface area (Å²) >= 11 is 0. The van der Waals surface area contributed by atoms with Crippen LogP contribution in [0, 0.1) is 0 Å². The largest absolute Gasteiger partial charge is 0.350 e. The molecule has 2 aliphatic rings. The van der Waals surface area contributed by atoms with Gasteiger partial charge in [-0.25, -0.2) is 0 Å². The Balaban J connectivity index is 2.06. The van der Waals surface area contributed by atoms with Gasteiger partial charge in [-0.1, -0.05) is 12.8 Å². The van der Waals surface area contributed by atoms with Gasteiger partial charge in [0.05, 0.1) is 12.1 Å². The molecule has 0 aromatic carbocycles. The minimum atomic E-state index is -0.491. The van der Waals surface area contributed by atoms with E-state index in [1.54, 1.807) is 13.8 Å². The monoisotopic (exact) mass is 267 g/mol. The molecule has 5 nitrogen and oxygen atoms in total. The van der Waals surface area contributed by atoms with Crippen molar-refractivity contribution in [1.82, 2.24) is 10.2 Å². The van der Waals surface area contributed by atoms with Gasteiger partial charge in [0.15, 0.2) is 0 Å². The van der Waals surface area contributed by atoms with E-state index in [0.717, 1.165) is 38.5 Å². The standard InChI is InChI=1S/C14H25N3O2/c1-9(15)14(19)16-12-5-3-4-6-13(12)17(10(2)18)11-7-8-11/h9,11-13H,3-8,15H2,1-2H3,(H,16,19)/t9-,12?,13?/m0/s1. The lowest BCUT2D eigenvalue weighted by Crippen LogP contribution is -2.57. The summed E-state index contributed by atoms with van der Waals surface area (Å²) in [5.74, 6) is 0.0191. The van der Waals surface area contributed by atoms with Crippen LogP contribution in [0.25, 0.3) is 0 Å². The number of amides is 2. The van der Waals surface area contributed by atoms with Gasteiger partial charge in [0, 0.05) is 19.0 Å². The molecule has 0 aromatic heterocycles. The van der Waals surface area contributed by atoms with Gasteiger partial charge < -0.3 is 16.0 Å². The van der Waals surface area contributed by atoms with Gasteiger partial charge in [0.2, 0.25) is 11.8 Å². The first-order valence-electron chi connectivity index (χ1n) is 7.35. The van der Waals surface area contributed by atoms with Gasteiger partial charge in [0.25, 0.3) is 0 Å². The number of carbonyl (C=O) groups is 2. The molecule has 0 aromatic rings. The Hall–Kier alpha value is -1.10. The molecule has 3 atom stereocenters. The zero-order valence-electron chi connectivity index (χ0n) is 11.9. The Morgan fingerprint density at radius 3 is 2.37 bits per heavy atom. The van der Waals surface area contributed by atoms with Crippen LogP contribution in [-0.2, 0) is 9.59 Å². The van der Waals surface area contributed by atoms with Gasteiger partial charge >= 0.3 is 0 Å². The maximum Gasteiger partial charge on any atom is 0.236 e. The van der Waals surface area contributed by atoms with E-state index in [1.165, 1.54) is 0 Å². The van der Waals surface area contributed by atoms with Crippen LogP contribution in [0.4, 0.5) is 0 Å². The van der Waals surface area contributed by atoms with Crippen molar-refractivity contribution in [2.75, 3.05) is 0 Å². The smallest absolute Gasteiger partial charge is 0.236 e. The van der Waals surface area contributed by atoms with E-state index in [9.17, 15) is 9.59 Å². The summed E-state index contributed by atoms with van der Waals surface area (Å²) in [5, 5.41) is 3.03. The quantitative estimate of drug-likeness (QED) is 0.790. The number of hydrogen-bond acceptors (Lipinski definition) is 3. The van der Waals surface area contributed by atoms with Crippen LogP contribution >= 0.6 is 0 Å². The average molecular weight is 267 g/mol. The molecule has 0 saturated heterocycles. The molecule has 19 heavy (non-hydrogen) atoms. The summed E-state index contributed by atoms with van der Waals surface area (Å²) in [6, 6.07) is 0.128. The molecule has 0 radical (unpaired) electrons. The third-order valence-corrected chi connectivity index (χ3v) is 4.13. The highest BCUT2D eigenvalue weighted by Gasteiger charge is 2.40. The summed E-state index contributed by atoms with van der Waals surface area (Å²) in [6.07, 6.45) is 6.37. The summed E-state index contributed by atoms with van der Waals surface area (Å²) in [7, 11) is 0. The van der Waals surface area contributed by atoms with E-state index in [4.69, 9.17) is 5.73 Å². The van der Waals surface area contributed by atoms with Crippen molar-refractivity contribution in [2.45, 2.75) is 76.5 Å². The maximum absolute atomic E-state index is 11.9. The molecule has 3 N–H and O–H groups in total. The van der Waals surface area contributed by atoms with Gasteiger partial charge in [-0.15, -0.1) is 0 Å². The van der Waals surface area contributed by atoms with Crippen molar-refractivity contribution in [3.05, 3.63) is 0 Å². The Labute approximate surface area is 114 Å². The second-order valence-corrected chi connectivity index (χ2v) is 5.91. The van der Waals surface area contributed by atoms with E-state index in [1.807, 2.05) is 4.90 Å². The maximum atomic E-state index is 11.9. The van der Waals surface area contributed by atoms with E-state index in [2.05, 4.69) is 5.32 Å². The summed E-state index contributed by atoms with van der Waals surface area (Å²) in [6.45, 7) is 3.33. The highest BCUT2D eigenvalue weighted by Crippen LogP contribution is 2.33. The van der Waals surface area contributed by atoms with Gasteiger partial charge in [-0.05, 0) is 32.6 Å². The second kappa shape index (κ2) is 5.90. The second-order valence-electron chi connectivity index (χ2n) is 5.91. The fourth-order valence-corrected chi connectivity index (χ4v) is 3.04. The zero-order valence-corrected chi connectivity index (χ0v) is 11.9. The van der Waals surface area contributed by atoms with Crippen LogP contribution in [0.5, 0.6) is 0 Å². The fourth-order valence-electron chi connectivity index (χ4n) is 3.04. The molecule has 0 spiro atoms. The molecule has 2 saturated carbocycles. The highest BCUT2D eigenvalue weighted by molar-refractivity contribution is 5.81. The van der Waals surface area contributed by atoms with Gasteiger partial charge in [0.1, 0.15) is 0 Å². The van der Waals surface area contributed by atoms with E-state index >= 15 is 0 Å². The Kier molecular flexibility index (Phi) is 4.45. The minimum Gasteiger partial charge on any atom is -0.350 e. The Morgan fingerprint density at radius 2 is 1.84 bits per heavy atom. The summed E-state index contributed by atoms with van der Waals surface area (Å²) in [4.78, 5) is 25.7. The zero-order chi connectivity index (χ0) is 14.0. The first-order valence-corrected chi connectivity index (χ1v) is 7.35. The summed E-state index contributed by atoms with van der Waals surface area (Å²) < 4.78 is 0. The number of carbonyl (C=O) groups excluding carboxylic acids is 2. The molecule has 5 heteroatoms. The van der Waals surface area contributed by atoms with Crippen molar-refractivity contribution in [1.29, 1.82) is 0 Å². The first-order chi connectivity index (χ1) is 9.00. The molecule has 0 aliphatic heterocycles. The Bertz CT molecular complexity index is 353. The molecule has 2 aliphatic carbocycles. The van der Waals surface area contributed by atoms with Crippen LogP contribution in [0.2, 0.25) is 0 Å². The molecular weight excluding hydrogens is 242 g/mol. The SMILES string of the molecule is CC(=O)N(C1CC1)C1CCCCC1NC(=O)[C@H](C)N. The van der Waals surface area contributed by atoms with Crippen LogP contribution in [0.3, 0.4) is 0 Å². The molecule has 2 unspecified atom stereocenters. The average Bonchev–Trinajstić information content (AvgIpc) is 3.15. The highest BCUT2D eigenvalue weighted by atomic mass is 16.2. The molecular formula is C14H25N3O2. The molecule has 0 heterocycles. The van der Waals surface area contributed by atoms with Crippen LogP contribution in [-0.4, -0.2) is 40.9 Å². The predicted octanol–water partition coefficient (Wildman–Crippen LogP) is 0.772. The molecule has 2 amide bonds. The first kappa shape index (κ1) is 14.3. The van der Waals surface area contributed by atoms with Crippen molar-refractivity contribution in [3.63, 3.8) is 0 Å². The lowest BCUT2D eigenvalue weighted by molar-refractivity contribution is -0.134. The normalized spacial score (nSPS) is 28.6. The lowest BCUT2D eigenvalue weighted by atomic mass is 9.88. The third kappa shape index (κ3) is 3.47.